The molecule has 5 heteroatoms. The third-order valence-electron chi connectivity index (χ3n) is 9.43. The minimum absolute atomic E-state index is 0.362. The topological polar surface area (TPSA) is 62.8 Å². The summed E-state index contributed by atoms with van der Waals surface area (Å²) < 4.78 is 6.37. The second-order valence-corrected chi connectivity index (χ2v) is 12.6. The molecule has 5 aromatic rings. The van der Waals surface area contributed by atoms with Crippen molar-refractivity contribution in [2.75, 3.05) is 0 Å². The third-order valence-corrected chi connectivity index (χ3v) is 9.43. The second kappa shape index (κ2) is 10.8. The zero-order valence-electron chi connectivity index (χ0n) is 25.5. The lowest BCUT2D eigenvalue weighted by Gasteiger charge is -2.28. The Kier molecular flexibility index (Phi) is 6.30. The Morgan fingerprint density at radius 3 is 2.52 bits per heavy atom. The zero-order chi connectivity index (χ0) is 30.6. The van der Waals surface area contributed by atoms with Crippen LogP contribution in [0.3, 0.4) is 0 Å². The van der Waals surface area contributed by atoms with Crippen molar-refractivity contribution in [3.63, 3.8) is 0 Å². The van der Waals surface area contributed by atoms with E-state index >= 15 is 0 Å². The molecule has 0 fully saturated rings. The molecule has 46 heavy (non-hydrogen) atoms. The molecule has 3 aromatic carbocycles. The molecule has 1 aliphatic heterocycles. The number of nitrogens with one attached hydrogen (secondary N) is 1. The van der Waals surface area contributed by atoms with Crippen LogP contribution in [0.2, 0.25) is 0 Å². The van der Waals surface area contributed by atoms with E-state index < -0.39 is 6.17 Å². The molecule has 0 saturated heterocycles. The lowest BCUT2D eigenvalue weighted by Crippen LogP contribution is -2.37. The number of pyridine rings is 1. The number of amidine groups is 2. The summed E-state index contributed by atoms with van der Waals surface area (Å²) in [6.07, 6.45) is 23.1. The fraction of sp³-hybridized carbons (Fsp3) is 0.146. The van der Waals surface area contributed by atoms with Crippen LogP contribution in [-0.2, 0) is 0 Å². The number of benzene rings is 3. The highest BCUT2D eigenvalue weighted by atomic mass is 16.3. The summed E-state index contributed by atoms with van der Waals surface area (Å²) in [4.78, 5) is 15.2. The van der Waals surface area contributed by atoms with Gasteiger partial charge in [-0.2, -0.15) is 0 Å². The molecule has 3 aliphatic carbocycles. The van der Waals surface area contributed by atoms with Crippen LogP contribution in [0.15, 0.2) is 159 Å². The number of rotatable bonds is 4. The van der Waals surface area contributed by atoms with Crippen molar-refractivity contribution in [3.05, 3.63) is 156 Å². The number of aliphatic imine (C=N–C) groups is 2. The SMILES string of the molecule is CC1C=CC=C(C2=NC(c3cncc4oc5cc6ccccc6cc5c34)N=C(C3=CCC4C=CC(c5ccccc5)=CC4=C3)N2)C1. The molecular weight excluding hydrogens is 564 g/mol. The van der Waals surface area contributed by atoms with Gasteiger partial charge in [0.25, 0.3) is 0 Å². The maximum Gasteiger partial charge on any atom is 0.171 e. The van der Waals surface area contributed by atoms with Gasteiger partial charge in [0.05, 0.1) is 6.20 Å². The predicted molar refractivity (Wildman–Crippen MR) is 189 cm³/mol. The maximum absolute atomic E-state index is 6.37. The van der Waals surface area contributed by atoms with Gasteiger partial charge < -0.3 is 9.73 Å². The van der Waals surface area contributed by atoms with E-state index in [1.54, 1.807) is 6.20 Å². The third kappa shape index (κ3) is 4.67. The van der Waals surface area contributed by atoms with Gasteiger partial charge in [0.2, 0.25) is 0 Å². The molecule has 0 saturated carbocycles. The molecule has 3 heterocycles. The fourth-order valence-corrected chi connectivity index (χ4v) is 7.05. The first-order valence-corrected chi connectivity index (χ1v) is 16.0. The molecule has 222 valence electrons. The van der Waals surface area contributed by atoms with Crippen LogP contribution in [0.4, 0.5) is 0 Å². The number of nitrogens with zero attached hydrogens (tertiary/aromatic N) is 3. The summed E-state index contributed by atoms with van der Waals surface area (Å²) in [7, 11) is 0. The van der Waals surface area contributed by atoms with E-state index in [2.05, 4.69) is 133 Å². The first-order valence-electron chi connectivity index (χ1n) is 16.0. The highest BCUT2D eigenvalue weighted by molar-refractivity contribution is 6.17. The lowest BCUT2D eigenvalue weighted by atomic mass is 9.82. The molecule has 9 rings (SSSR count). The number of hydrogen-bond acceptors (Lipinski definition) is 5. The lowest BCUT2D eigenvalue weighted by molar-refractivity contribution is 0.665. The van der Waals surface area contributed by atoms with Crippen molar-refractivity contribution >= 4 is 50.0 Å². The number of hydrogen-bond donors (Lipinski definition) is 1. The fourth-order valence-electron chi connectivity index (χ4n) is 7.05. The molecule has 3 unspecified atom stereocenters. The van der Waals surface area contributed by atoms with E-state index in [0.29, 0.717) is 11.8 Å². The molecule has 3 atom stereocenters. The summed E-state index contributed by atoms with van der Waals surface area (Å²) in [5.41, 5.74) is 8.56. The van der Waals surface area contributed by atoms with Crippen molar-refractivity contribution in [2.45, 2.75) is 25.9 Å². The number of fused-ring (bicyclic) bond motifs is 5. The second-order valence-electron chi connectivity index (χ2n) is 12.6. The van der Waals surface area contributed by atoms with Crippen molar-refractivity contribution in [1.29, 1.82) is 0 Å². The Hall–Kier alpha value is -5.55. The van der Waals surface area contributed by atoms with Crippen molar-refractivity contribution in [1.82, 2.24) is 10.3 Å². The summed E-state index contributed by atoms with van der Waals surface area (Å²) in [5, 5.41) is 8.05. The molecule has 1 N–H and O–H groups in total. The van der Waals surface area contributed by atoms with Crippen molar-refractivity contribution in [3.8, 4) is 0 Å². The maximum atomic E-state index is 6.37. The van der Waals surface area contributed by atoms with E-state index in [1.165, 1.54) is 27.7 Å². The van der Waals surface area contributed by atoms with Gasteiger partial charge in [-0.15, -0.1) is 0 Å². The molecule has 0 radical (unpaired) electrons. The molecule has 2 aromatic heterocycles. The standard InChI is InChI=1S/C41H32N4O/c1-25-8-7-13-31(18-25)39-43-40(32-17-15-27-14-16-30(19-33(27)20-32)26-9-3-2-4-10-26)45-41(44-39)35-23-42-24-37-38(35)34-21-28-11-5-6-12-29(28)22-36(34)46-37/h2-14,16-17,19-25,27,41H,15,18H2,1H3,(H,43,44,45). The summed E-state index contributed by atoms with van der Waals surface area (Å²) in [6, 6.07) is 23.3. The highest BCUT2D eigenvalue weighted by Gasteiger charge is 2.28. The van der Waals surface area contributed by atoms with E-state index in [1.807, 2.05) is 6.20 Å². The van der Waals surface area contributed by atoms with Gasteiger partial charge in [0.1, 0.15) is 17.3 Å². The van der Waals surface area contributed by atoms with E-state index in [0.717, 1.165) is 63.0 Å². The largest absolute Gasteiger partial charge is 0.454 e. The monoisotopic (exact) mass is 596 g/mol. The van der Waals surface area contributed by atoms with Crippen LogP contribution >= 0.6 is 0 Å². The Balaban J connectivity index is 1.17. The minimum atomic E-state index is -0.476. The van der Waals surface area contributed by atoms with Gasteiger partial charge in [-0.05, 0) is 70.0 Å². The minimum Gasteiger partial charge on any atom is -0.454 e. The predicted octanol–water partition coefficient (Wildman–Crippen LogP) is 9.58. The van der Waals surface area contributed by atoms with E-state index in [-0.39, 0.29) is 0 Å². The Morgan fingerprint density at radius 1 is 0.826 bits per heavy atom. The van der Waals surface area contributed by atoms with Crippen LogP contribution in [0.1, 0.15) is 37.1 Å². The molecule has 0 spiro atoms. The van der Waals surface area contributed by atoms with Crippen LogP contribution in [0, 0.1) is 11.8 Å². The molecule has 5 nitrogen and oxygen atoms in total. The number of allylic oxidation sites excluding steroid dienone is 9. The Labute approximate surface area is 267 Å². The van der Waals surface area contributed by atoms with Gasteiger partial charge >= 0.3 is 0 Å². The van der Waals surface area contributed by atoms with Gasteiger partial charge in [0.15, 0.2) is 11.7 Å². The van der Waals surface area contributed by atoms with E-state index in [9.17, 15) is 0 Å². The van der Waals surface area contributed by atoms with Crippen LogP contribution < -0.4 is 5.32 Å². The van der Waals surface area contributed by atoms with Gasteiger partial charge in [-0.1, -0.05) is 104 Å². The van der Waals surface area contributed by atoms with Gasteiger partial charge in [-0.3, -0.25) is 4.98 Å². The van der Waals surface area contributed by atoms with Gasteiger partial charge in [0, 0.05) is 34.0 Å². The highest BCUT2D eigenvalue weighted by Crippen LogP contribution is 2.39. The Morgan fingerprint density at radius 2 is 1.65 bits per heavy atom. The summed E-state index contributed by atoms with van der Waals surface area (Å²) in [5.74, 6) is 2.51. The van der Waals surface area contributed by atoms with Gasteiger partial charge in [-0.25, -0.2) is 9.98 Å². The summed E-state index contributed by atoms with van der Waals surface area (Å²) >= 11 is 0. The molecular formula is C41H32N4O. The van der Waals surface area contributed by atoms with Crippen LogP contribution in [-0.4, -0.2) is 16.7 Å². The molecule has 0 amide bonds. The number of furan rings is 1. The average Bonchev–Trinajstić information content (AvgIpc) is 3.48. The van der Waals surface area contributed by atoms with Crippen molar-refractivity contribution in [2.24, 2.45) is 21.8 Å². The van der Waals surface area contributed by atoms with Crippen LogP contribution in [0.25, 0.3) is 38.3 Å². The van der Waals surface area contributed by atoms with E-state index in [4.69, 9.17) is 14.4 Å². The van der Waals surface area contributed by atoms with Crippen molar-refractivity contribution < 1.29 is 4.42 Å². The average molecular weight is 597 g/mol. The molecule has 4 aliphatic rings. The summed E-state index contributed by atoms with van der Waals surface area (Å²) in [6.45, 7) is 2.24. The smallest absolute Gasteiger partial charge is 0.171 e. The first kappa shape index (κ1) is 26.8. The Bertz CT molecular complexity index is 2310. The molecule has 0 bridgehead atoms. The first-order chi connectivity index (χ1) is 22.7. The normalized spacial score (nSPS) is 22.4. The number of aromatic nitrogens is 1. The van der Waals surface area contributed by atoms with Crippen LogP contribution in [0.5, 0.6) is 0 Å². The zero-order valence-corrected chi connectivity index (χ0v) is 25.5. The quantitative estimate of drug-likeness (QED) is 0.225.